The van der Waals surface area contributed by atoms with E-state index in [1.54, 1.807) is 26.0 Å². The highest BCUT2D eigenvalue weighted by Crippen LogP contribution is 2.44. The van der Waals surface area contributed by atoms with E-state index in [0.29, 0.717) is 5.69 Å². The summed E-state index contributed by atoms with van der Waals surface area (Å²) in [7, 11) is 0. The summed E-state index contributed by atoms with van der Waals surface area (Å²) in [6.07, 6.45) is -1.45. The van der Waals surface area contributed by atoms with E-state index >= 15 is 0 Å². The summed E-state index contributed by atoms with van der Waals surface area (Å²) in [6.45, 7) is 3.75. The van der Waals surface area contributed by atoms with Gasteiger partial charge in [0.1, 0.15) is 6.61 Å². The highest BCUT2D eigenvalue weighted by molar-refractivity contribution is 5.98. The lowest BCUT2D eigenvalue weighted by molar-refractivity contribution is -0.143. The third-order valence-electron chi connectivity index (χ3n) is 7.46. The molecule has 2 amide bonds. The van der Waals surface area contributed by atoms with E-state index in [0.717, 1.165) is 33.4 Å². The van der Waals surface area contributed by atoms with Gasteiger partial charge in [-0.3, -0.25) is 10.1 Å². The number of carboxylic acids is 1. The van der Waals surface area contributed by atoms with Crippen LogP contribution in [0.3, 0.4) is 0 Å². The molecule has 3 N–H and O–H groups in total. The highest BCUT2D eigenvalue weighted by Gasteiger charge is 2.30. The van der Waals surface area contributed by atoms with Crippen molar-refractivity contribution in [3.05, 3.63) is 125 Å². The van der Waals surface area contributed by atoms with Crippen LogP contribution >= 0.6 is 0 Å². The second-order valence-corrected chi connectivity index (χ2v) is 10.3. The molecule has 4 aromatic rings. The van der Waals surface area contributed by atoms with E-state index < -0.39 is 30.1 Å². The van der Waals surface area contributed by atoms with Gasteiger partial charge in [0.15, 0.2) is 6.04 Å². The summed E-state index contributed by atoms with van der Waals surface area (Å²) in [5.41, 5.74) is 6.67. The molecule has 4 aromatic carbocycles. The van der Waals surface area contributed by atoms with Crippen LogP contribution in [0.5, 0.6) is 0 Å². The fourth-order valence-corrected chi connectivity index (χ4v) is 5.14. The van der Waals surface area contributed by atoms with E-state index in [9.17, 15) is 19.5 Å². The Morgan fingerprint density at radius 1 is 0.857 bits per heavy atom. The third kappa shape index (κ3) is 6.34. The Hall–Kier alpha value is -4.95. The fourth-order valence-electron chi connectivity index (χ4n) is 5.14. The van der Waals surface area contributed by atoms with Gasteiger partial charge in [0, 0.05) is 17.2 Å². The van der Waals surface area contributed by atoms with Gasteiger partial charge in [-0.25, -0.2) is 9.59 Å². The van der Waals surface area contributed by atoms with Crippen molar-refractivity contribution in [3.8, 4) is 11.1 Å². The number of rotatable bonds is 10. The Morgan fingerprint density at radius 2 is 1.48 bits per heavy atom. The molecule has 0 aromatic heterocycles. The summed E-state index contributed by atoms with van der Waals surface area (Å²) in [4.78, 5) is 37.8. The largest absolute Gasteiger partial charge is 0.480 e. The first-order valence-electron chi connectivity index (χ1n) is 13.7. The summed E-state index contributed by atoms with van der Waals surface area (Å²) in [6, 6.07) is 29.0. The van der Waals surface area contributed by atoms with E-state index in [4.69, 9.17) is 9.47 Å². The first kappa shape index (κ1) is 28.6. The molecule has 214 valence electrons. The van der Waals surface area contributed by atoms with Gasteiger partial charge in [0.05, 0.1) is 12.7 Å². The second-order valence-electron chi connectivity index (χ2n) is 10.3. The maximum absolute atomic E-state index is 13.0. The maximum atomic E-state index is 13.0. The van der Waals surface area contributed by atoms with E-state index in [1.165, 1.54) is 6.07 Å². The van der Waals surface area contributed by atoms with Gasteiger partial charge in [-0.2, -0.15) is 0 Å². The molecular formula is C34H32N2O6. The molecule has 1 aliphatic carbocycles. The van der Waals surface area contributed by atoms with Crippen LogP contribution in [0.25, 0.3) is 11.1 Å². The number of ether oxygens (including phenoxy) is 2. The number of carbonyl (C=O) groups excluding carboxylic acids is 2. The Balaban J connectivity index is 1.22. The van der Waals surface area contributed by atoms with Crippen molar-refractivity contribution in [2.75, 3.05) is 11.9 Å². The van der Waals surface area contributed by atoms with Crippen molar-refractivity contribution < 1.29 is 29.0 Å². The zero-order valence-electron chi connectivity index (χ0n) is 23.4. The predicted octanol–water partition coefficient (Wildman–Crippen LogP) is 6.14. The molecule has 0 bridgehead atoms. The van der Waals surface area contributed by atoms with Gasteiger partial charge >= 0.3 is 12.1 Å². The minimum absolute atomic E-state index is 0.0830. The molecule has 0 heterocycles. The Kier molecular flexibility index (Phi) is 8.64. The first-order chi connectivity index (χ1) is 20.3. The van der Waals surface area contributed by atoms with Crippen molar-refractivity contribution in [3.63, 3.8) is 0 Å². The number of fused-ring (bicyclic) bond motifs is 3. The minimum Gasteiger partial charge on any atom is -0.480 e. The normalized spacial score (nSPS) is 13.4. The third-order valence-corrected chi connectivity index (χ3v) is 7.46. The second kappa shape index (κ2) is 12.7. The van der Waals surface area contributed by atoms with Gasteiger partial charge in [0.25, 0.3) is 5.91 Å². The molecule has 0 saturated carbocycles. The average molecular weight is 565 g/mol. The van der Waals surface area contributed by atoms with Gasteiger partial charge in [-0.15, -0.1) is 0 Å². The first-order valence-corrected chi connectivity index (χ1v) is 13.7. The molecule has 42 heavy (non-hydrogen) atoms. The number of carboxylic acid groups (broad SMARTS) is 1. The van der Waals surface area contributed by atoms with Crippen LogP contribution < -0.4 is 10.6 Å². The Bertz CT molecular complexity index is 1560. The summed E-state index contributed by atoms with van der Waals surface area (Å²) < 4.78 is 11.4. The molecule has 2 atom stereocenters. The highest BCUT2D eigenvalue weighted by atomic mass is 16.5. The molecule has 8 heteroatoms. The molecule has 0 spiro atoms. The van der Waals surface area contributed by atoms with Crippen molar-refractivity contribution in [1.29, 1.82) is 0 Å². The average Bonchev–Trinajstić information content (AvgIpc) is 3.32. The van der Waals surface area contributed by atoms with Gasteiger partial charge in [-0.05, 0) is 59.4 Å². The molecule has 1 aliphatic rings. The Labute approximate surface area is 244 Å². The van der Waals surface area contributed by atoms with Gasteiger partial charge in [0.2, 0.25) is 0 Å². The maximum Gasteiger partial charge on any atom is 0.411 e. The van der Waals surface area contributed by atoms with Crippen molar-refractivity contribution in [1.82, 2.24) is 5.32 Å². The smallest absolute Gasteiger partial charge is 0.411 e. The SMILES string of the molecule is Cc1ccc(C(=O)NC(C(=O)O)C(C)OCc2ccccc2)cc1NC(=O)OCC1c2ccccc2-c2ccccc21. The monoisotopic (exact) mass is 564 g/mol. The summed E-state index contributed by atoms with van der Waals surface area (Å²) >= 11 is 0. The van der Waals surface area contributed by atoms with Crippen LogP contribution in [-0.2, 0) is 20.9 Å². The number of aliphatic carboxylic acids is 1. The number of aryl methyl sites for hydroxylation is 1. The molecular weight excluding hydrogens is 532 g/mol. The fraction of sp³-hybridized carbons (Fsp3) is 0.206. The lowest BCUT2D eigenvalue weighted by Gasteiger charge is -2.22. The zero-order chi connectivity index (χ0) is 29.6. The van der Waals surface area contributed by atoms with Crippen molar-refractivity contribution >= 4 is 23.7 Å². The molecule has 0 saturated heterocycles. The van der Waals surface area contributed by atoms with Crippen molar-refractivity contribution in [2.45, 2.75) is 38.5 Å². The molecule has 0 radical (unpaired) electrons. The molecule has 5 rings (SSSR count). The van der Waals surface area contributed by atoms with Crippen LogP contribution in [0.1, 0.15) is 45.5 Å². The molecule has 0 aliphatic heterocycles. The van der Waals surface area contributed by atoms with Crippen LogP contribution in [0.2, 0.25) is 0 Å². The lowest BCUT2D eigenvalue weighted by atomic mass is 9.98. The number of hydrogen-bond donors (Lipinski definition) is 3. The summed E-state index contributed by atoms with van der Waals surface area (Å²) in [5.74, 6) is -1.90. The Morgan fingerprint density at radius 3 is 2.12 bits per heavy atom. The molecule has 0 fully saturated rings. The number of nitrogens with one attached hydrogen (secondary N) is 2. The van der Waals surface area contributed by atoms with Crippen LogP contribution in [-0.4, -0.2) is 41.8 Å². The number of hydrogen-bond acceptors (Lipinski definition) is 5. The number of carbonyl (C=O) groups is 3. The quantitative estimate of drug-likeness (QED) is 0.213. The van der Waals surface area contributed by atoms with Gasteiger partial charge < -0.3 is 19.9 Å². The predicted molar refractivity (Wildman–Crippen MR) is 159 cm³/mol. The molecule has 2 unspecified atom stereocenters. The van der Waals surface area contributed by atoms with Gasteiger partial charge in [-0.1, -0.05) is 84.9 Å². The van der Waals surface area contributed by atoms with Crippen LogP contribution in [0, 0.1) is 6.92 Å². The standard InChI is InChI=1S/C34H32N2O6/c1-21-16-17-24(32(37)36-31(33(38)39)22(2)41-19-23-10-4-3-5-11-23)18-30(21)35-34(40)42-20-29-27-14-8-6-12-25(27)26-13-7-9-15-28(26)29/h3-18,22,29,31H,19-20H2,1-2H3,(H,35,40)(H,36,37)(H,38,39). The van der Waals surface area contributed by atoms with Crippen LogP contribution in [0.4, 0.5) is 10.5 Å². The molecule has 8 nitrogen and oxygen atoms in total. The van der Waals surface area contributed by atoms with Crippen molar-refractivity contribution in [2.24, 2.45) is 0 Å². The zero-order valence-corrected chi connectivity index (χ0v) is 23.4. The van der Waals surface area contributed by atoms with E-state index in [-0.39, 0.29) is 24.7 Å². The summed E-state index contributed by atoms with van der Waals surface area (Å²) in [5, 5.41) is 15.0. The number of amides is 2. The number of anilines is 1. The number of benzene rings is 4. The van der Waals surface area contributed by atoms with E-state index in [2.05, 4.69) is 22.8 Å². The van der Waals surface area contributed by atoms with E-state index in [1.807, 2.05) is 66.7 Å². The lowest BCUT2D eigenvalue weighted by Crippen LogP contribution is -2.48. The topological polar surface area (TPSA) is 114 Å². The van der Waals surface area contributed by atoms with Crippen LogP contribution in [0.15, 0.2) is 97.1 Å². The minimum atomic E-state index is -1.28.